The lowest BCUT2D eigenvalue weighted by atomic mass is 10.1. The van der Waals surface area contributed by atoms with Crippen molar-refractivity contribution in [3.05, 3.63) is 66.1 Å². The Morgan fingerprint density at radius 3 is 2.88 bits per heavy atom. The van der Waals surface area contributed by atoms with Gasteiger partial charge in [0.15, 0.2) is 0 Å². The van der Waals surface area contributed by atoms with Crippen LogP contribution in [0.2, 0.25) is 0 Å². The summed E-state index contributed by atoms with van der Waals surface area (Å²) in [6.07, 6.45) is 4.51. The molecule has 1 aliphatic heterocycles. The van der Waals surface area contributed by atoms with Crippen molar-refractivity contribution in [1.82, 2.24) is 25.3 Å². The fraction of sp³-hybridized carbons (Fsp3) is 0.208. The molecule has 4 aromatic heterocycles. The number of carbonyl (C=O) groups is 1. The highest BCUT2D eigenvalue weighted by Crippen LogP contribution is 2.29. The minimum Gasteiger partial charge on any atom is -0.481 e. The van der Waals surface area contributed by atoms with Crippen LogP contribution in [0.1, 0.15) is 11.3 Å². The molecule has 0 saturated carbocycles. The van der Waals surface area contributed by atoms with Crippen molar-refractivity contribution in [2.75, 3.05) is 24.7 Å². The quantitative estimate of drug-likeness (QED) is 0.406. The van der Waals surface area contributed by atoms with Gasteiger partial charge in [0, 0.05) is 30.6 Å². The number of rotatable bonds is 7. The molecular weight excluding hydrogens is 436 g/mol. The Labute approximate surface area is 195 Å². The molecule has 166 valence electrons. The van der Waals surface area contributed by atoms with Gasteiger partial charge in [0.2, 0.25) is 11.8 Å². The van der Waals surface area contributed by atoms with Crippen LogP contribution in [0, 0.1) is 0 Å². The van der Waals surface area contributed by atoms with Crippen LogP contribution in [-0.4, -0.2) is 45.3 Å². The number of amides is 1. The Morgan fingerprint density at radius 1 is 1.09 bits per heavy atom. The SMILES string of the molecule is COc1ccc2nccc(-c3ccc(CCNCc4ccc5c(n4)NC(=O)CS5)cn3)c2n1. The van der Waals surface area contributed by atoms with E-state index in [4.69, 9.17) is 4.74 Å². The van der Waals surface area contributed by atoms with E-state index in [0.717, 1.165) is 51.4 Å². The number of hydrogen-bond donors (Lipinski definition) is 2. The smallest absolute Gasteiger partial charge is 0.235 e. The van der Waals surface area contributed by atoms with E-state index in [0.29, 0.717) is 24.0 Å². The molecule has 0 aliphatic carbocycles. The first-order chi connectivity index (χ1) is 16.2. The zero-order valence-corrected chi connectivity index (χ0v) is 18.9. The molecule has 1 aliphatic rings. The van der Waals surface area contributed by atoms with Gasteiger partial charge in [0.25, 0.3) is 0 Å². The average Bonchev–Trinajstić information content (AvgIpc) is 2.86. The highest BCUT2D eigenvalue weighted by molar-refractivity contribution is 8.00. The molecule has 33 heavy (non-hydrogen) atoms. The number of methoxy groups -OCH3 is 1. The second-order valence-corrected chi connectivity index (χ2v) is 8.56. The highest BCUT2D eigenvalue weighted by atomic mass is 32.2. The lowest BCUT2D eigenvalue weighted by Gasteiger charge is -2.16. The lowest BCUT2D eigenvalue weighted by Crippen LogP contribution is -2.22. The molecule has 9 heteroatoms. The second-order valence-electron chi connectivity index (χ2n) is 7.54. The molecule has 1 amide bonds. The maximum absolute atomic E-state index is 11.6. The zero-order valence-electron chi connectivity index (χ0n) is 18.0. The van der Waals surface area contributed by atoms with E-state index in [1.807, 2.05) is 36.5 Å². The van der Waals surface area contributed by atoms with Crippen LogP contribution < -0.4 is 15.4 Å². The van der Waals surface area contributed by atoms with Crippen LogP contribution in [-0.2, 0) is 17.8 Å². The first kappa shape index (κ1) is 21.3. The van der Waals surface area contributed by atoms with Crippen LogP contribution in [0.3, 0.4) is 0 Å². The van der Waals surface area contributed by atoms with Crippen molar-refractivity contribution in [2.24, 2.45) is 0 Å². The van der Waals surface area contributed by atoms with E-state index in [2.05, 4.69) is 36.6 Å². The van der Waals surface area contributed by atoms with Crippen molar-refractivity contribution >= 4 is 34.5 Å². The number of carbonyl (C=O) groups excluding carboxylic acids is 1. The summed E-state index contributed by atoms with van der Waals surface area (Å²) in [7, 11) is 1.60. The van der Waals surface area contributed by atoms with Gasteiger partial charge in [-0.2, -0.15) is 0 Å². The Morgan fingerprint density at radius 2 is 2.03 bits per heavy atom. The first-order valence-electron chi connectivity index (χ1n) is 10.6. The minimum absolute atomic E-state index is 0.00395. The summed E-state index contributed by atoms with van der Waals surface area (Å²) in [6, 6.07) is 13.7. The van der Waals surface area contributed by atoms with Gasteiger partial charge in [0.1, 0.15) is 11.3 Å². The highest BCUT2D eigenvalue weighted by Gasteiger charge is 2.16. The normalized spacial score (nSPS) is 12.9. The van der Waals surface area contributed by atoms with E-state index < -0.39 is 0 Å². The number of anilines is 1. The summed E-state index contributed by atoms with van der Waals surface area (Å²) in [5.74, 6) is 1.65. The van der Waals surface area contributed by atoms with Crippen molar-refractivity contribution in [1.29, 1.82) is 0 Å². The molecule has 5 rings (SSSR count). The van der Waals surface area contributed by atoms with Gasteiger partial charge in [-0.15, -0.1) is 11.8 Å². The van der Waals surface area contributed by atoms with Crippen LogP contribution in [0.25, 0.3) is 22.3 Å². The molecule has 0 bridgehead atoms. The second kappa shape index (κ2) is 9.51. The Balaban J connectivity index is 1.20. The van der Waals surface area contributed by atoms with Crippen LogP contribution in [0.15, 0.2) is 59.8 Å². The zero-order chi connectivity index (χ0) is 22.6. The summed E-state index contributed by atoms with van der Waals surface area (Å²) < 4.78 is 5.26. The summed E-state index contributed by atoms with van der Waals surface area (Å²) >= 11 is 1.52. The molecular formula is C24H22N6O2S. The number of ether oxygens (including phenoxy) is 1. The van der Waals surface area contributed by atoms with Crippen LogP contribution >= 0.6 is 11.8 Å². The van der Waals surface area contributed by atoms with Crippen molar-refractivity contribution in [3.63, 3.8) is 0 Å². The third-order valence-corrected chi connectivity index (χ3v) is 6.34. The van der Waals surface area contributed by atoms with E-state index in [-0.39, 0.29) is 5.91 Å². The van der Waals surface area contributed by atoms with E-state index in [9.17, 15) is 4.79 Å². The predicted molar refractivity (Wildman–Crippen MR) is 128 cm³/mol. The van der Waals surface area contributed by atoms with Gasteiger partial charge in [-0.3, -0.25) is 14.8 Å². The molecule has 4 aromatic rings. The number of pyridine rings is 4. The number of thioether (sulfide) groups is 1. The maximum Gasteiger partial charge on any atom is 0.235 e. The van der Waals surface area contributed by atoms with Crippen molar-refractivity contribution in [3.8, 4) is 17.1 Å². The lowest BCUT2D eigenvalue weighted by molar-refractivity contribution is -0.113. The number of nitrogens with one attached hydrogen (secondary N) is 2. The molecule has 0 fully saturated rings. The maximum atomic E-state index is 11.6. The number of fused-ring (bicyclic) bond motifs is 2. The molecule has 0 radical (unpaired) electrons. The van der Waals surface area contributed by atoms with Crippen LogP contribution in [0.4, 0.5) is 5.82 Å². The molecule has 2 N–H and O–H groups in total. The largest absolute Gasteiger partial charge is 0.481 e. The summed E-state index contributed by atoms with van der Waals surface area (Å²) in [6.45, 7) is 1.42. The minimum atomic E-state index is -0.00395. The van der Waals surface area contributed by atoms with Gasteiger partial charge in [-0.25, -0.2) is 9.97 Å². The average molecular weight is 459 g/mol. The number of nitrogens with zero attached hydrogens (tertiary/aromatic N) is 4. The number of hydrogen-bond acceptors (Lipinski definition) is 8. The molecule has 0 aromatic carbocycles. The monoisotopic (exact) mass is 458 g/mol. The van der Waals surface area contributed by atoms with Gasteiger partial charge in [-0.05, 0) is 48.9 Å². The summed E-state index contributed by atoms with van der Waals surface area (Å²) in [5, 5.41) is 6.24. The summed E-state index contributed by atoms with van der Waals surface area (Å²) in [4.78, 5) is 30.7. The van der Waals surface area contributed by atoms with Gasteiger partial charge in [-0.1, -0.05) is 6.07 Å². The molecule has 0 saturated heterocycles. The van der Waals surface area contributed by atoms with Crippen LogP contribution in [0.5, 0.6) is 5.88 Å². The topological polar surface area (TPSA) is 102 Å². The van der Waals surface area contributed by atoms with Crippen molar-refractivity contribution < 1.29 is 9.53 Å². The molecule has 0 spiro atoms. The van der Waals surface area contributed by atoms with Gasteiger partial charge in [0.05, 0.1) is 34.7 Å². The standard InChI is InChI=1S/C24H22N6O2S/c1-32-22-7-5-19-23(30-22)17(9-11-26-19)18-4-2-15(12-27-18)8-10-25-13-16-3-6-20-24(28-16)29-21(31)14-33-20/h2-7,9,11-12,25H,8,10,13-14H2,1H3,(H,28,29,31). The molecule has 8 nitrogen and oxygen atoms in total. The predicted octanol–water partition coefficient (Wildman–Crippen LogP) is 3.47. The first-order valence-corrected chi connectivity index (χ1v) is 11.6. The third kappa shape index (κ3) is 4.79. The Bertz CT molecular complexity index is 1310. The van der Waals surface area contributed by atoms with E-state index >= 15 is 0 Å². The summed E-state index contributed by atoms with van der Waals surface area (Å²) in [5.41, 5.74) is 5.38. The van der Waals surface area contributed by atoms with Crippen molar-refractivity contribution in [2.45, 2.75) is 17.9 Å². The molecule has 5 heterocycles. The van der Waals surface area contributed by atoms with Gasteiger partial charge < -0.3 is 15.4 Å². The third-order valence-electron chi connectivity index (χ3n) is 5.30. The fourth-order valence-electron chi connectivity index (χ4n) is 3.61. The molecule has 0 unspecified atom stereocenters. The Hall–Kier alpha value is -3.56. The van der Waals surface area contributed by atoms with E-state index in [1.165, 1.54) is 11.8 Å². The molecule has 0 atom stereocenters. The van der Waals surface area contributed by atoms with E-state index in [1.54, 1.807) is 19.4 Å². The number of aromatic nitrogens is 4. The fourth-order valence-corrected chi connectivity index (χ4v) is 4.37. The Kier molecular flexibility index (Phi) is 6.14. The van der Waals surface area contributed by atoms with Gasteiger partial charge >= 0.3 is 0 Å².